The van der Waals surface area contributed by atoms with Crippen molar-refractivity contribution in [1.29, 1.82) is 0 Å². The summed E-state index contributed by atoms with van der Waals surface area (Å²) in [6, 6.07) is -0.602. The quantitative estimate of drug-likeness (QED) is 0.456. The van der Waals surface area contributed by atoms with Gasteiger partial charge in [-0.1, -0.05) is 32.6 Å². The Hall–Kier alpha value is -1.91. The van der Waals surface area contributed by atoms with Crippen LogP contribution in [0.3, 0.4) is 0 Å². The van der Waals surface area contributed by atoms with Crippen LogP contribution in [0.4, 0.5) is 9.59 Å². The van der Waals surface area contributed by atoms with Gasteiger partial charge in [0.1, 0.15) is 12.3 Å². The molecule has 2 aliphatic heterocycles. The number of hydrogen-bond acceptors (Lipinski definition) is 7. The molecule has 3 atom stereocenters. The number of alkyl carbamates (subject to hydrolysis) is 1. The number of aliphatic imine (C=N–C) groups is 1. The molecule has 1 saturated heterocycles. The molecule has 4 N–H and O–H groups in total. The number of urea groups is 1. The zero-order valence-electron chi connectivity index (χ0n) is 15.0. The van der Waals surface area contributed by atoms with Gasteiger partial charge in [-0.15, -0.1) is 0 Å². The van der Waals surface area contributed by atoms with Crippen LogP contribution in [0.15, 0.2) is 4.99 Å². The number of carbonyl (C=O) groups excluding carboxylic acids is 2. The summed E-state index contributed by atoms with van der Waals surface area (Å²) in [4.78, 5) is 28.9. The number of unbranched alkanes of at least 4 members (excludes halogenated alkanes) is 4. The smallest absolute Gasteiger partial charge is 0.413 e. The summed E-state index contributed by atoms with van der Waals surface area (Å²) in [5, 5.41) is 24.0. The summed E-state index contributed by atoms with van der Waals surface area (Å²) in [6.07, 6.45) is 2.55. The van der Waals surface area contributed by atoms with Gasteiger partial charge in [0.2, 0.25) is 5.96 Å². The van der Waals surface area contributed by atoms with Crippen molar-refractivity contribution in [2.45, 2.75) is 63.9 Å². The van der Waals surface area contributed by atoms with Gasteiger partial charge in [0.05, 0.1) is 26.0 Å². The van der Waals surface area contributed by atoms with E-state index in [0.717, 1.165) is 25.7 Å². The van der Waals surface area contributed by atoms with Gasteiger partial charge >= 0.3 is 12.1 Å². The molecule has 1 fully saturated rings. The molecular weight excluding hydrogens is 344 g/mol. The highest BCUT2D eigenvalue weighted by molar-refractivity contribution is 6.01. The van der Waals surface area contributed by atoms with Crippen LogP contribution in [0.5, 0.6) is 0 Å². The average molecular weight is 372 g/mol. The fourth-order valence-corrected chi connectivity index (χ4v) is 2.80. The molecule has 0 aromatic heterocycles. The Bertz CT molecular complexity index is 515. The van der Waals surface area contributed by atoms with E-state index in [9.17, 15) is 14.7 Å². The van der Waals surface area contributed by atoms with Gasteiger partial charge in [0.25, 0.3) is 0 Å². The number of nitrogens with one attached hydrogen (secondary N) is 2. The van der Waals surface area contributed by atoms with E-state index in [-0.39, 0.29) is 25.7 Å². The third kappa shape index (κ3) is 5.82. The van der Waals surface area contributed by atoms with Crippen LogP contribution in [0.1, 0.15) is 45.4 Å². The Morgan fingerprint density at radius 2 is 2.19 bits per heavy atom. The highest BCUT2D eigenvalue weighted by atomic mass is 16.6. The summed E-state index contributed by atoms with van der Waals surface area (Å²) in [6.45, 7) is 2.19. The van der Waals surface area contributed by atoms with Crippen molar-refractivity contribution in [2.24, 2.45) is 4.99 Å². The molecule has 0 aromatic rings. The van der Waals surface area contributed by atoms with E-state index in [4.69, 9.17) is 14.6 Å². The minimum Gasteiger partial charge on any atom is -0.449 e. The molecule has 10 nitrogen and oxygen atoms in total. The SMILES string of the molecule is CCCCCCCOC(=O)NC1=NC(=O)N([C@H]2C[C@H](O)[C@@H](CO)O2)CN1. The number of hydrogen-bond donors (Lipinski definition) is 4. The van der Waals surface area contributed by atoms with E-state index in [0.29, 0.717) is 6.61 Å². The minimum atomic E-state index is -0.839. The van der Waals surface area contributed by atoms with E-state index in [1.807, 2.05) is 0 Å². The zero-order chi connectivity index (χ0) is 18.9. The van der Waals surface area contributed by atoms with Crippen LogP contribution in [-0.2, 0) is 9.47 Å². The van der Waals surface area contributed by atoms with E-state index < -0.39 is 30.6 Å². The third-order valence-electron chi connectivity index (χ3n) is 4.30. The van der Waals surface area contributed by atoms with E-state index in [2.05, 4.69) is 22.5 Å². The maximum Gasteiger partial charge on any atom is 0.413 e. The maximum atomic E-state index is 12.1. The van der Waals surface area contributed by atoms with Crippen LogP contribution in [-0.4, -0.2) is 71.5 Å². The first-order chi connectivity index (χ1) is 12.5. The summed E-state index contributed by atoms with van der Waals surface area (Å²) in [5.41, 5.74) is 0. The molecule has 10 heteroatoms. The van der Waals surface area contributed by atoms with Gasteiger partial charge in [-0.3, -0.25) is 10.2 Å². The molecule has 2 heterocycles. The topological polar surface area (TPSA) is 133 Å². The Morgan fingerprint density at radius 3 is 2.85 bits per heavy atom. The number of carbonyl (C=O) groups is 2. The lowest BCUT2D eigenvalue weighted by Gasteiger charge is -2.30. The number of rotatable bonds is 8. The molecule has 0 aliphatic carbocycles. The van der Waals surface area contributed by atoms with Crippen LogP contribution < -0.4 is 10.6 Å². The van der Waals surface area contributed by atoms with E-state index in [1.54, 1.807) is 0 Å². The largest absolute Gasteiger partial charge is 0.449 e. The maximum absolute atomic E-state index is 12.1. The van der Waals surface area contributed by atoms with Crippen molar-refractivity contribution in [3.63, 3.8) is 0 Å². The number of aliphatic hydroxyl groups is 2. The lowest BCUT2D eigenvalue weighted by atomic mass is 10.2. The van der Waals surface area contributed by atoms with Crippen LogP contribution in [0.25, 0.3) is 0 Å². The second-order valence-electron chi connectivity index (χ2n) is 6.34. The first-order valence-electron chi connectivity index (χ1n) is 9.06. The third-order valence-corrected chi connectivity index (χ3v) is 4.30. The Balaban J connectivity index is 1.72. The lowest BCUT2D eigenvalue weighted by Crippen LogP contribution is -2.54. The first-order valence-corrected chi connectivity index (χ1v) is 9.06. The normalized spacial score (nSPS) is 25.7. The number of amides is 3. The molecule has 0 radical (unpaired) electrons. The molecular formula is C16H28N4O6. The molecule has 0 spiro atoms. The van der Waals surface area contributed by atoms with Crippen LogP contribution in [0, 0.1) is 0 Å². The van der Waals surface area contributed by atoms with E-state index >= 15 is 0 Å². The predicted molar refractivity (Wildman–Crippen MR) is 92.3 cm³/mol. The number of guanidine groups is 1. The average Bonchev–Trinajstić information content (AvgIpc) is 2.98. The fourth-order valence-electron chi connectivity index (χ4n) is 2.80. The number of nitrogens with zero attached hydrogens (tertiary/aromatic N) is 2. The summed E-state index contributed by atoms with van der Waals surface area (Å²) < 4.78 is 10.5. The van der Waals surface area contributed by atoms with Gasteiger partial charge in [-0.2, -0.15) is 4.99 Å². The van der Waals surface area contributed by atoms with Crippen molar-refractivity contribution in [2.75, 3.05) is 19.9 Å². The standard InChI is InChI=1S/C16H28N4O6/c1-2-3-4-5-6-7-25-16(24)19-14-17-10-20(15(23)18-14)13-8-11(22)12(9-21)26-13/h11-13,21-22H,2-10H2,1H3,(H2,17,18,19,23,24)/t11-,12+,13+/m0/s1. The van der Waals surface area contributed by atoms with Gasteiger partial charge in [-0.25, -0.2) is 9.59 Å². The summed E-state index contributed by atoms with van der Waals surface area (Å²) in [5.74, 6) is 0.0134. The highest BCUT2D eigenvalue weighted by Gasteiger charge is 2.39. The molecule has 0 aromatic carbocycles. The zero-order valence-corrected chi connectivity index (χ0v) is 15.0. The fraction of sp³-hybridized carbons (Fsp3) is 0.812. The monoisotopic (exact) mass is 372 g/mol. The summed E-state index contributed by atoms with van der Waals surface area (Å²) in [7, 11) is 0. The molecule has 26 heavy (non-hydrogen) atoms. The minimum absolute atomic E-state index is 0.0134. The molecule has 0 bridgehead atoms. The second kappa shape index (κ2) is 10.3. The Morgan fingerprint density at radius 1 is 1.42 bits per heavy atom. The number of ether oxygens (including phenoxy) is 2. The molecule has 2 rings (SSSR count). The van der Waals surface area contributed by atoms with E-state index in [1.165, 1.54) is 11.3 Å². The molecule has 148 valence electrons. The second-order valence-corrected chi connectivity index (χ2v) is 6.34. The number of aliphatic hydroxyl groups excluding tert-OH is 2. The van der Waals surface area contributed by atoms with Crippen molar-refractivity contribution >= 4 is 18.1 Å². The molecule has 2 aliphatic rings. The molecule has 0 saturated carbocycles. The van der Waals surface area contributed by atoms with Crippen LogP contribution in [0.2, 0.25) is 0 Å². The first kappa shape index (κ1) is 20.4. The van der Waals surface area contributed by atoms with Gasteiger partial charge in [0.15, 0.2) is 0 Å². The Kier molecular flexibility index (Phi) is 8.07. The van der Waals surface area contributed by atoms with Crippen molar-refractivity contribution in [3.05, 3.63) is 0 Å². The van der Waals surface area contributed by atoms with Crippen molar-refractivity contribution in [3.8, 4) is 0 Å². The Labute approximate surface area is 152 Å². The summed E-state index contributed by atoms with van der Waals surface area (Å²) >= 11 is 0. The van der Waals surface area contributed by atoms with Gasteiger partial charge in [-0.05, 0) is 6.42 Å². The predicted octanol–water partition coefficient (Wildman–Crippen LogP) is 0.490. The van der Waals surface area contributed by atoms with Gasteiger partial charge < -0.3 is 25.0 Å². The van der Waals surface area contributed by atoms with Gasteiger partial charge in [0, 0.05) is 6.42 Å². The van der Waals surface area contributed by atoms with Crippen molar-refractivity contribution in [1.82, 2.24) is 15.5 Å². The van der Waals surface area contributed by atoms with Crippen LogP contribution >= 0.6 is 0 Å². The molecule has 3 amide bonds. The van der Waals surface area contributed by atoms with Crippen molar-refractivity contribution < 1.29 is 29.3 Å². The lowest BCUT2D eigenvalue weighted by molar-refractivity contribution is -0.0645. The highest BCUT2D eigenvalue weighted by Crippen LogP contribution is 2.24. The molecule has 0 unspecified atom stereocenters.